The first-order valence-corrected chi connectivity index (χ1v) is 15.1. The van der Waals surface area contributed by atoms with Crippen LogP contribution in [0.3, 0.4) is 0 Å². The van der Waals surface area contributed by atoms with Gasteiger partial charge in [-0.05, 0) is 12.0 Å². The second-order valence-corrected chi connectivity index (χ2v) is 12.4. The zero-order valence-electron chi connectivity index (χ0n) is 25.1. The third-order valence-corrected chi connectivity index (χ3v) is 8.53. The average molecular weight is 703 g/mol. The summed E-state index contributed by atoms with van der Waals surface area (Å²) >= 11 is 1.22. The molecule has 1 aliphatic rings. The van der Waals surface area contributed by atoms with Gasteiger partial charge in [0.05, 0.1) is 0 Å². The minimum absolute atomic E-state index is 0. The summed E-state index contributed by atoms with van der Waals surface area (Å²) in [5.41, 5.74) is 11.3. The molecule has 1 aliphatic carbocycles. The first-order chi connectivity index (χ1) is 20.1. The van der Waals surface area contributed by atoms with Gasteiger partial charge in [0.2, 0.25) is 0 Å². The quantitative estimate of drug-likeness (QED) is 0.243. The number of benzene rings is 4. The van der Waals surface area contributed by atoms with Gasteiger partial charge in [-0.2, -0.15) is 47.5 Å². The Morgan fingerprint density at radius 3 is 1.80 bits per heavy atom. The summed E-state index contributed by atoms with van der Waals surface area (Å²) in [6.07, 6.45) is 4.74. The van der Waals surface area contributed by atoms with Crippen LogP contribution >= 0.6 is 0 Å². The number of fused-ring (bicyclic) bond motifs is 3. The van der Waals surface area contributed by atoms with E-state index in [2.05, 4.69) is 88.5 Å². The molecular formula is C39H34Cl2F2Zr-2. The van der Waals surface area contributed by atoms with Crippen molar-refractivity contribution in [3.63, 3.8) is 0 Å². The van der Waals surface area contributed by atoms with E-state index >= 15 is 0 Å². The van der Waals surface area contributed by atoms with Crippen LogP contribution in [-0.4, -0.2) is 3.21 Å². The van der Waals surface area contributed by atoms with Crippen LogP contribution in [-0.2, 0) is 36.1 Å². The summed E-state index contributed by atoms with van der Waals surface area (Å²) in [6, 6.07) is 35.3. The van der Waals surface area contributed by atoms with Gasteiger partial charge < -0.3 is 24.8 Å². The molecule has 0 aliphatic heterocycles. The summed E-state index contributed by atoms with van der Waals surface area (Å²) in [5, 5.41) is 0. The van der Waals surface area contributed by atoms with Crippen LogP contribution in [0.15, 0.2) is 116 Å². The Kier molecular flexibility index (Phi) is 14.2. The smallest absolute Gasteiger partial charge is 1.00 e. The molecule has 0 saturated carbocycles. The molecule has 0 spiro atoms. The molecule has 0 unspecified atom stereocenters. The van der Waals surface area contributed by atoms with Crippen LogP contribution < -0.4 is 24.8 Å². The third-order valence-electron chi connectivity index (χ3n) is 7.11. The number of hydrogen-bond donors (Lipinski definition) is 0. The minimum atomic E-state index is -0.244. The maximum absolute atomic E-state index is 12.8. The van der Waals surface area contributed by atoms with E-state index in [0.717, 1.165) is 26.3 Å². The Hall–Kier alpha value is -3.10. The Morgan fingerprint density at radius 1 is 0.795 bits per heavy atom. The van der Waals surface area contributed by atoms with E-state index < -0.39 is 0 Å². The normalized spacial score (nSPS) is 10.7. The monoisotopic (exact) mass is 700 g/mol. The van der Waals surface area contributed by atoms with Crippen LogP contribution in [0.5, 0.6) is 0 Å². The maximum atomic E-state index is 12.8. The first-order valence-electron chi connectivity index (χ1n) is 13.8. The SMILES string of the molecule is C=Cc1c[c-]c2c(c1)-c1cc(C=C)ccc1C2.CC(C)(C)c1cc[cH-]c1.Fc1ccc([C](=[Zr+2])c2ccc(F)cc2)cc1.[Cl-].[Cl-]. The largest absolute Gasteiger partial charge is 1.00 e. The van der Waals surface area contributed by atoms with E-state index in [0.29, 0.717) is 5.41 Å². The molecule has 0 heterocycles. The topological polar surface area (TPSA) is 0 Å². The van der Waals surface area contributed by atoms with E-state index in [1.165, 1.54) is 81.9 Å². The molecule has 5 aromatic rings. The van der Waals surface area contributed by atoms with Gasteiger partial charge in [0.1, 0.15) is 0 Å². The van der Waals surface area contributed by atoms with Crippen LogP contribution in [0.25, 0.3) is 23.3 Å². The van der Waals surface area contributed by atoms with E-state index in [4.69, 9.17) is 0 Å². The molecule has 0 nitrogen and oxygen atoms in total. The van der Waals surface area contributed by atoms with Gasteiger partial charge in [-0.3, -0.25) is 0 Å². The second kappa shape index (κ2) is 16.8. The number of halogens is 4. The van der Waals surface area contributed by atoms with Gasteiger partial charge in [0, 0.05) is 0 Å². The van der Waals surface area contributed by atoms with Crippen molar-refractivity contribution in [3.8, 4) is 11.1 Å². The molecule has 0 atom stereocenters. The van der Waals surface area contributed by atoms with Crippen molar-refractivity contribution in [2.45, 2.75) is 32.6 Å². The predicted octanol–water partition coefficient (Wildman–Crippen LogP) is 4.14. The average Bonchev–Trinajstić information content (AvgIpc) is 3.67. The van der Waals surface area contributed by atoms with Gasteiger partial charge in [0.15, 0.2) is 0 Å². The van der Waals surface area contributed by atoms with Crippen LogP contribution in [0.1, 0.15) is 59.7 Å². The molecular weight excluding hydrogens is 669 g/mol. The molecule has 224 valence electrons. The van der Waals surface area contributed by atoms with Gasteiger partial charge in [0.25, 0.3) is 0 Å². The van der Waals surface area contributed by atoms with E-state index in [-0.39, 0.29) is 36.4 Å². The molecule has 0 N–H and O–H groups in total. The third kappa shape index (κ3) is 9.70. The van der Waals surface area contributed by atoms with E-state index in [1.807, 2.05) is 18.2 Å². The van der Waals surface area contributed by atoms with Gasteiger partial charge in [-0.1, -0.05) is 68.2 Å². The van der Waals surface area contributed by atoms with Crippen molar-refractivity contribution in [2.24, 2.45) is 0 Å². The molecule has 0 aromatic heterocycles. The Labute approximate surface area is 288 Å². The first kappa shape index (κ1) is 37.1. The van der Waals surface area contributed by atoms with Crippen molar-refractivity contribution < 1.29 is 57.8 Å². The van der Waals surface area contributed by atoms with Crippen molar-refractivity contribution in [1.82, 2.24) is 0 Å². The van der Waals surface area contributed by atoms with Gasteiger partial charge in [-0.25, -0.2) is 6.07 Å². The Morgan fingerprint density at radius 2 is 1.34 bits per heavy atom. The van der Waals surface area contributed by atoms with Crippen molar-refractivity contribution in [1.29, 1.82) is 0 Å². The van der Waals surface area contributed by atoms with Crippen molar-refractivity contribution in [2.75, 3.05) is 0 Å². The van der Waals surface area contributed by atoms with Crippen LogP contribution in [0, 0.1) is 17.7 Å². The summed E-state index contributed by atoms with van der Waals surface area (Å²) < 4.78 is 26.6. The fourth-order valence-corrected chi connectivity index (χ4v) is 5.46. The molecule has 0 fully saturated rings. The zero-order valence-corrected chi connectivity index (χ0v) is 29.1. The van der Waals surface area contributed by atoms with Crippen LogP contribution in [0.4, 0.5) is 8.78 Å². The molecule has 5 aromatic carbocycles. The van der Waals surface area contributed by atoms with Gasteiger partial charge >= 0.3 is 108 Å². The zero-order chi connectivity index (χ0) is 30.3. The molecule has 0 radical (unpaired) electrons. The molecule has 5 heteroatoms. The molecule has 44 heavy (non-hydrogen) atoms. The van der Waals surface area contributed by atoms with Gasteiger partial charge in [-0.15, -0.1) is 23.8 Å². The minimum Gasteiger partial charge on any atom is -1.00 e. The number of rotatable bonds is 4. The van der Waals surface area contributed by atoms with Crippen LogP contribution in [0.2, 0.25) is 0 Å². The molecule has 0 amide bonds. The molecule has 0 saturated heterocycles. The molecule has 6 rings (SSSR count). The second-order valence-electron chi connectivity index (χ2n) is 11.1. The Balaban J connectivity index is 0.000000235. The summed E-state index contributed by atoms with van der Waals surface area (Å²) in [7, 11) is 0. The van der Waals surface area contributed by atoms with Crippen molar-refractivity contribution >= 4 is 15.4 Å². The predicted molar refractivity (Wildman–Crippen MR) is 170 cm³/mol. The Bertz CT molecular complexity index is 1580. The summed E-state index contributed by atoms with van der Waals surface area (Å²) in [6.45, 7) is 14.3. The fraction of sp³-hybridized carbons (Fsp3) is 0.128. The number of hydrogen-bond acceptors (Lipinski definition) is 0. The summed E-state index contributed by atoms with van der Waals surface area (Å²) in [4.78, 5) is 0. The molecule has 0 bridgehead atoms. The standard InChI is InChI=1S/C17H13.C13H8F2.C9H13.2ClH.Zr/c1-3-12-5-7-14-11-15-8-6-13(4-2)10-17(15)16(14)9-12;14-12-5-1-10(2-6-12)9-11-3-7-13(15)8-4-11;1-9(2,3)8-6-4-5-7-8;;;/h3-7,9-10H,1-2,11H2;1-8H;4-7H,1-3H3;2*1H;/q-1;;-1;;;+2/p-2. The van der Waals surface area contributed by atoms with E-state index in [1.54, 1.807) is 24.3 Å². The van der Waals surface area contributed by atoms with Crippen molar-refractivity contribution in [3.05, 3.63) is 173 Å². The summed E-state index contributed by atoms with van der Waals surface area (Å²) in [5.74, 6) is -0.488. The van der Waals surface area contributed by atoms with E-state index in [9.17, 15) is 8.78 Å². The fourth-order valence-electron chi connectivity index (χ4n) is 4.64. The maximum Gasteiger partial charge on any atom is -1.00 e.